The van der Waals surface area contributed by atoms with Crippen LogP contribution in [0.25, 0.3) is 0 Å². The molecule has 0 aromatic heterocycles. The molecule has 1 rings (SSSR count). The van der Waals surface area contributed by atoms with Crippen molar-refractivity contribution in [1.82, 2.24) is 5.32 Å². The molecule has 0 aliphatic heterocycles. The van der Waals surface area contributed by atoms with Gasteiger partial charge < -0.3 is 14.8 Å². The smallest absolute Gasteiger partial charge is 0.161 e. The molecule has 1 atom stereocenters. The van der Waals surface area contributed by atoms with Crippen molar-refractivity contribution < 1.29 is 9.47 Å². The second-order valence-corrected chi connectivity index (χ2v) is 5.47. The lowest BCUT2D eigenvalue weighted by Crippen LogP contribution is -2.25. The van der Waals surface area contributed by atoms with Gasteiger partial charge in [0.1, 0.15) is 0 Å². The van der Waals surface area contributed by atoms with Crippen molar-refractivity contribution in [3.63, 3.8) is 0 Å². The summed E-state index contributed by atoms with van der Waals surface area (Å²) >= 11 is 1.89. The number of hydrogen-bond donors (Lipinski definition) is 1. The van der Waals surface area contributed by atoms with E-state index in [4.69, 9.17) is 9.47 Å². The van der Waals surface area contributed by atoms with E-state index in [2.05, 4.69) is 30.6 Å². The summed E-state index contributed by atoms with van der Waals surface area (Å²) in [5.74, 6) is 2.81. The summed E-state index contributed by atoms with van der Waals surface area (Å²) in [4.78, 5) is 0. The van der Waals surface area contributed by atoms with Gasteiger partial charge in [-0.1, -0.05) is 6.07 Å². The Hall–Kier alpha value is -0.870. The van der Waals surface area contributed by atoms with Gasteiger partial charge in [0.15, 0.2) is 11.5 Å². The minimum atomic E-state index is 0.532. The molecule has 1 aromatic rings. The summed E-state index contributed by atoms with van der Waals surface area (Å²) in [6, 6.07) is 6.63. The molecular formula is C15H25NO2S. The van der Waals surface area contributed by atoms with Gasteiger partial charge in [-0.05, 0) is 50.0 Å². The minimum Gasteiger partial charge on any atom is -0.493 e. The molecule has 0 spiro atoms. The molecule has 0 aliphatic carbocycles. The van der Waals surface area contributed by atoms with Crippen LogP contribution in [0.15, 0.2) is 18.2 Å². The topological polar surface area (TPSA) is 30.5 Å². The highest BCUT2D eigenvalue weighted by molar-refractivity contribution is 7.98. The zero-order valence-electron chi connectivity index (χ0n) is 12.4. The maximum Gasteiger partial charge on any atom is 0.161 e. The zero-order chi connectivity index (χ0) is 14.1. The number of rotatable bonds is 9. The summed E-state index contributed by atoms with van der Waals surface area (Å²) in [5, 5.41) is 3.53. The molecule has 19 heavy (non-hydrogen) atoms. The van der Waals surface area contributed by atoms with Crippen molar-refractivity contribution in [3.8, 4) is 11.5 Å². The Morgan fingerprint density at radius 2 is 2.11 bits per heavy atom. The van der Waals surface area contributed by atoms with Crippen LogP contribution in [0.4, 0.5) is 0 Å². The van der Waals surface area contributed by atoms with E-state index in [1.165, 1.54) is 17.7 Å². The third kappa shape index (κ3) is 5.74. The van der Waals surface area contributed by atoms with Crippen LogP contribution in [0.2, 0.25) is 0 Å². The molecule has 1 N–H and O–H groups in total. The maximum atomic E-state index is 5.58. The molecule has 0 saturated heterocycles. The molecule has 3 nitrogen and oxygen atoms in total. The van der Waals surface area contributed by atoms with Gasteiger partial charge in [0.25, 0.3) is 0 Å². The monoisotopic (exact) mass is 283 g/mol. The maximum absolute atomic E-state index is 5.58. The van der Waals surface area contributed by atoms with Gasteiger partial charge in [-0.25, -0.2) is 0 Å². The van der Waals surface area contributed by atoms with E-state index in [1.807, 2.05) is 24.8 Å². The van der Waals surface area contributed by atoms with Gasteiger partial charge >= 0.3 is 0 Å². The Morgan fingerprint density at radius 3 is 2.74 bits per heavy atom. The molecule has 0 radical (unpaired) electrons. The number of hydrogen-bond acceptors (Lipinski definition) is 4. The van der Waals surface area contributed by atoms with Crippen molar-refractivity contribution in [2.75, 3.05) is 25.7 Å². The predicted octanol–water partition coefficient (Wildman–Crippen LogP) is 3.33. The van der Waals surface area contributed by atoms with Crippen LogP contribution in [0.5, 0.6) is 11.5 Å². The zero-order valence-corrected chi connectivity index (χ0v) is 13.2. The van der Waals surface area contributed by atoms with Crippen molar-refractivity contribution in [2.45, 2.75) is 32.9 Å². The molecule has 0 amide bonds. The summed E-state index contributed by atoms with van der Waals surface area (Å²) < 4.78 is 10.9. The van der Waals surface area contributed by atoms with Crippen molar-refractivity contribution in [2.24, 2.45) is 0 Å². The fourth-order valence-electron chi connectivity index (χ4n) is 1.79. The predicted molar refractivity (Wildman–Crippen MR) is 83.5 cm³/mol. The largest absolute Gasteiger partial charge is 0.493 e. The van der Waals surface area contributed by atoms with Crippen LogP contribution in [0, 0.1) is 0 Å². The first kappa shape index (κ1) is 16.2. The Labute approximate surface area is 121 Å². The van der Waals surface area contributed by atoms with Crippen LogP contribution in [-0.2, 0) is 6.54 Å². The average molecular weight is 283 g/mol. The molecule has 0 heterocycles. The first-order valence-electron chi connectivity index (χ1n) is 6.73. The van der Waals surface area contributed by atoms with E-state index in [0.717, 1.165) is 18.0 Å². The van der Waals surface area contributed by atoms with E-state index in [-0.39, 0.29) is 0 Å². The second-order valence-electron chi connectivity index (χ2n) is 4.48. The lowest BCUT2D eigenvalue weighted by Gasteiger charge is -2.15. The van der Waals surface area contributed by atoms with Gasteiger partial charge in [-0.2, -0.15) is 11.8 Å². The number of thioether (sulfide) groups is 1. The van der Waals surface area contributed by atoms with Crippen molar-refractivity contribution in [3.05, 3.63) is 23.8 Å². The first-order valence-corrected chi connectivity index (χ1v) is 8.12. The number of methoxy groups -OCH3 is 1. The van der Waals surface area contributed by atoms with E-state index in [1.54, 1.807) is 7.11 Å². The fourth-order valence-corrected chi connectivity index (χ4v) is 2.38. The Kier molecular flexibility index (Phi) is 7.75. The lowest BCUT2D eigenvalue weighted by atomic mass is 10.1. The standard InChI is InChI=1S/C15H25NO2S/c1-5-18-15-10-13(6-7-14(15)17-3)11-16-12(2)8-9-19-4/h6-7,10,12,16H,5,8-9,11H2,1-4H3. The van der Waals surface area contributed by atoms with Crippen LogP contribution >= 0.6 is 11.8 Å². The third-order valence-electron chi connectivity index (χ3n) is 2.94. The number of benzene rings is 1. The van der Waals surface area contributed by atoms with Gasteiger partial charge in [-0.15, -0.1) is 0 Å². The molecule has 0 aliphatic rings. The Balaban J connectivity index is 2.56. The Morgan fingerprint density at radius 1 is 1.32 bits per heavy atom. The average Bonchev–Trinajstić information content (AvgIpc) is 2.43. The molecule has 1 aromatic carbocycles. The van der Waals surface area contributed by atoms with Crippen molar-refractivity contribution in [1.29, 1.82) is 0 Å². The van der Waals surface area contributed by atoms with Gasteiger partial charge in [-0.3, -0.25) is 0 Å². The highest BCUT2D eigenvalue weighted by atomic mass is 32.2. The SMILES string of the molecule is CCOc1cc(CNC(C)CCSC)ccc1OC. The molecule has 0 bridgehead atoms. The van der Waals surface area contributed by atoms with E-state index < -0.39 is 0 Å². The van der Waals surface area contributed by atoms with Crippen LogP contribution in [0.3, 0.4) is 0 Å². The summed E-state index contributed by atoms with van der Waals surface area (Å²) in [6.45, 7) is 5.72. The van der Waals surface area contributed by atoms with Crippen LogP contribution in [0.1, 0.15) is 25.8 Å². The van der Waals surface area contributed by atoms with Crippen molar-refractivity contribution >= 4 is 11.8 Å². The highest BCUT2D eigenvalue weighted by Gasteiger charge is 2.06. The number of nitrogens with one attached hydrogen (secondary N) is 1. The van der Waals surface area contributed by atoms with Crippen LogP contribution in [-0.4, -0.2) is 31.8 Å². The van der Waals surface area contributed by atoms with Gasteiger partial charge in [0, 0.05) is 12.6 Å². The minimum absolute atomic E-state index is 0.532. The van der Waals surface area contributed by atoms with Crippen LogP contribution < -0.4 is 14.8 Å². The van der Waals surface area contributed by atoms with E-state index >= 15 is 0 Å². The highest BCUT2D eigenvalue weighted by Crippen LogP contribution is 2.28. The second kappa shape index (κ2) is 9.10. The summed E-state index contributed by atoms with van der Waals surface area (Å²) in [6.07, 6.45) is 3.33. The molecule has 0 fully saturated rings. The van der Waals surface area contributed by atoms with E-state index in [0.29, 0.717) is 12.6 Å². The third-order valence-corrected chi connectivity index (χ3v) is 3.58. The molecular weight excluding hydrogens is 258 g/mol. The first-order chi connectivity index (χ1) is 9.21. The Bertz CT molecular complexity index is 371. The molecule has 108 valence electrons. The van der Waals surface area contributed by atoms with Gasteiger partial charge in [0.05, 0.1) is 13.7 Å². The summed E-state index contributed by atoms with van der Waals surface area (Å²) in [5.41, 5.74) is 1.22. The molecule has 1 unspecified atom stereocenters. The normalized spacial score (nSPS) is 12.2. The number of ether oxygens (including phenoxy) is 2. The van der Waals surface area contributed by atoms with Gasteiger partial charge in [0.2, 0.25) is 0 Å². The lowest BCUT2D eigenvalue weighted by molar-refractivity contribution is 0.310. The molecule has 0 saturated carbocycles. The fraction of sp³-hybridized carbons (Fsp3) is 0.600. The quantitative estimate of drug-likeness (QED) is 0.753. The van der Waals surface area contributed by atoms with E-state index in [9.17, 15) is 0 Å². The summed E-state index contributed by atoms with van der Waals surface area (Å²) in [7, 11) is 1.67. The molecule has 4 heteroatoms.